The first-order valence-electron chi connectivity index (χ1n) is 9.02. The molecular weight excluding hydrogens is 404 g/mol. The number of benzene rings is 1. The van der Waals surface area contributed by atoms with Crippen LogP contribution < -0.4 is 10.1 Å². The van der Waals surface area contributed by atoms with Crippen LogP contribution in [0.25, 0.3) is 21.1 Å². The van der Waals surface area contributed by atoms with Crippen LogP contribution in [0.1, 0.15) is 15.4 Å². The molecule has 0 unspecified atom stereocenters. The smallest absolute Gasteiger partial charge is 0.263 e. The van der Waals surface area contributed by atoms with Crippen LogP contribution in [0, 0.1) is 6.92 Å². The van der Waals surface area contributed by atoms with Crippen LogP contribution in [0.2, 0.25) is 0 Å². The van der Waals surface area contributed by atoms with Crippen LogP contribution in [-0.2, 0) is 0 Å². The van der Waals surface area contributed by atoms with Crippen molar-refractivity contribution in [3.8, 4) is 27.0 Å². The Balaban J connectivity index is 1.29. The van der Waals surface area contributed by atoms with Gasteiger partial charge in [0.05, 0.1) is 17.1 Å². The lowest BCUT2D eigenvalue weighted by Crippen LogP contribution is -2.28. The topological polar surface area (TPSA) is 77.0 Å². The van der Waals surface area contributed by atoms with E-state index in [2.05, 4.69) is 20.5 Å². The molecule has 0 aliphatic rings. The van der Waals surface area contributed by atoms with Gasteiger partial charge in [-0.3, -0.25) is 4.79 Å². The van der Waals surface area contributed by atoms with Gasteiger partial charge < -0.3 is 10.1 Å². The Hall–Kier alpha value is -3.10. The molecule has 0 atom stereocenters. The number of carbonyl (C=O) groups excluding carboxylic acids is 1. The lowest BCUT2D eigenvalue weighted by atomic mass is 10.2. The predicted molar refractivity (Wildman–Crippen MR) is 115 cm³/mol. The average molecular weight is 423 g/mol. The van der Waals surface area contributed by atoms with Crippen molar-refractivity contribution in [2.45, 2.75) is 6.92 Å². The van der Waals surface area contributed by atoms with Crippen molar-refractivity contribution in [1.82, 2.24) is 20.5 Å². The zero-order chi connectivity index (χ0) is 20.1. The van der Waals surface area contributed by atoms with Crippen LogP contribution >= 0.6 is 22.7 Å². The normalized spacial score (nSPS) is 10.7. The van der Waals surface area contributed by atoms with Crippen molar-refractivity contribution in [2.75, 3.05) is 13.2 Å². The van der Waals surface area contributed by atoms with Crippen molar-refractivity contribution >= 4 is 28.6 Å². The molecule has 0 radical (unpaired) electrons. The highest BCUT2D eigenvalue weighted by atomic mass is 32.1. The average Bonchev–Trinajstić information content (AvgIpc) is 3.42. The van der Waals surface area contributed by atoms with Gasteiger partial charge in [-0.15, -0.1) is 32.9 Å². The van der Waals surface area contributed by atoms with Crippen LogP contribution in [0.15, 0.2) is 60.0 Å². The molecule has 1 amide bonds. The SMILES string of the molecule is Cc1nc(-c2ccccc2)sc1C(=O)NCCOc1ccc(-c2cccs2)nn1. The fourth-order valence-electron chi connectivity index (χ4n) is 2.66. The number of amides is 1. The molecule has 0 saturated heterocycles. The summed E-state index contributed by atoms with van der Waals surface area (Å²) in [6.07, 6.45) is 0. The van der Waals surface area contributed by atoms with E-state index in [4.69, 9.17) is 4.74 Å². The third kappa shape index (κ3) is 4.67. The highest BCUT2D eigenvalue weighted by molar-refractivity contribution is 7.17. The molecule has 0 aliphatic carbocycles. The number of carbonyl (C=O) groups is 1. The van der Waals surface area contributed by atoms with Gasteiger partial charge in [-0.1, -0.05) is 36.4 Å². The fourth-order valence-corrected chi connectivity index (χ4v) is 4.34. The van der Waals surface area contributed by atoms with Gasteiger partial charge in [-0.25, -0.2) is 4.98 Å². The van der Waals surface area contributed by atoms with Crippen LogP contribution in [0.5, 0.6) is 5.88 Å². The molecule has 0 bridgehead atoms. The Morgan fingerprint density at radius 2 is 1.93 bits per heavy atom. The third-order valence-corrected chi connectivity index (χ3v) is 6.17. The van der Waals surface area contributed by atoms with Gasteiger partial charge in [-0.05, 0) is 24.4 Å². The van der Waals surface area contributed by atoms with Crippen LogP contribution in [0.3, 0.4) is 0 Å². The number of nitrogens with one attached hydrogen (secondary N) is 1. The number of thiazole rings is 1. The summed E-state index contributed by atoms with van der Waals surface area (Å²) < 4.78 is 5.57. The molecule has 1 aromatic carbocycles. The minimum atomic E-state index is -0.148. The van der Waals surface area contributed by atoms with Crippen molar-refractivity contribution in [1.29, 1.82) is 0 Å². The summed E-state index contributed by atoms with van der Waals surface area (Å²) in [5, 5.41) is 13.9. The molecule has 4 aromatic rings. The van der Waals surface area contributed by atoms with Crippen molar-refractivity contribution < 1.29 is 9.53 Å². The summed E-state index contributed by atoms with van der Waals surface area (Å²) in [7, 11) is 0. The molecule has 29 heavy (non-hydrogen) atoms. The second-order valence-electron chi connectivity index (χ2n) is 6.14. The van der Waals surface area contributed by atoms with Crippen molar-refractivity contribution in [3.05, 3.63) is 70.5 Å². The first kappa shape index (κ1) is 19.2. The number of aromatic nitrogens is 3. The van der Waals surface area contributed by atoms with Gasteiger partial charge in [0.2, 0.25) is 5.88 Å². The summed E-state index contributed by atoms with van der Waals surface area (Å²) in [6.45, 7) is 2.52. The van der Waals surface area contributed by atoms with Crippen molar-refractivity contribution in [2.24, 2.45) is 0 Å². The maximum absolute atomic E-state index is 12.5. The molecule has 0 aliphatic heterocycles. The van der Waals surface area contributed by atoms with Gasteiger partial charge in [0.1, 0.15) is 22.2 Å². The van der Waals surface area contributed by atoms with Crippen LogP contribution in [0.4, 0.5) is 0 Å². The van der Waals surface area contributed by atoms with E-state index in [1.807, 2.05) is 60.8 Å². The molecule has 4 rings (SSSR count). The van der Waals surface area contributed by atoms with E-state index in [1.54, 1.807) is 17.4 Å². The Morgan fingerprint density at radius 3 is 2.66 bits per heavy atom. The quantitative estimate of drug-likeness (QED) is 0.446. The van der Waals surface area contributed by atoms with E-state index in [0.717, 1.165) is 26.8 Å². The van der Waals surface area contributed by atoms with Crippen LogP contribution in [-0.4, -0.2) is 34.2 Å². The number of aryl methyl sites for hydroxylation is 1. The Bertz CT molecular complexity index is 1080. The molecular formula is C21H18N4O2S2. The summed E-state index contributed by atoms with van der Waals surface area (Å²) in [6, 6.07) is 17.5. The molecule has 146 valence electrons. The second-order valence-corrected chi connectivity index (χ2v) is 8.08. The fraction of sp³-hybridized carbons (Fsp3) is 0.143. The summed E-state index contributed by atoms with van der Waals surface area (Å²) >= 11 is 3.00. The third-order valence-electron chi connectivity index (χ3n) is 4.07. The maximum atomic E-state index is 12.5. The maximum Gasteiger partial charge on any atom is 0.263 e. The molecule has 3 aromatic heterocycles. The number of nitrogens with zero attached hydrogens (tertiary/aromatic N) is 3. The predicted octanol–water partition coefficient (Wildman–Crippen LogP) is 4.45. The van der Waals surface area contributed by atoms with E-state index < -0.39 is 0 Å². The molecule has 8 heteroatoms. The summed E-state index contributed by atoms with van der Waals surface area (Å²) in [4.78, 5) is 18.7. The lowest BCUT2D eigenvalue weighted by Gasteiger charge is -2.06. The molecule has 0 saturated carbocycles. The largest absolute Gasteiger partial charge is 0.475 e. The zero-order valence-electron chi connectivity index (χ0n) is 15.7. The molecule has 6 nitrogen and oxygen atoms in total. The molecule has 1 N–H and O–H groups in total. The zero-order valence-corrected chi connectivity index (χ0v) is 17.3. The number of ether oxygens (including phenoxy) is 1. The Kier molecular flexibility index (Phi) is 5.92. The lowest BCUT2D eigenvalue weighted by molar-refractivity contribution is 0.0949. The highest BCUT2D eigenvalue weighted by Gasteiger charge is 2.15. The van der Waals surface area contributed by atoms with Gasteiger partial charge in [0.25, 0.3) is 5.91 Å². The number of thiophene rings is 1. The van der Waals surface area contributed by atoms with E-state index in [9.17, 15) is 4.79 Å². The Labute approximate surface area is 176 Å². The van der Waals surface area contributed by atoms with E-state index in [0.29, 0.717) is 23.9 Å². The van der Waals surface area contributed by atoms with E-state index in [1.165, 1.54) is 11.3 Å². The van der Waals surface area contributed by atoms with E-state index >= 15 is 0 Å². The van der Waals surface area contributed by atoms with E-state index in [-0.39, 0.29) is 5.91 Å². The second kappa shape index (κ2) is 8.93. The van der Waals surface area contributed by atoms with Gasteiger partial charge in [0, 0.05) is 11.6 Å². The first-order valence-corrected chi connectivity index (χ1v) is 10.7. The number of rotatable bonds is 7. The Morgan fingerprint density at radius 1 is 1.07 bits per heavy atom. The van der Waals surface area contributed by atoms with Gasteiger partial charge in [-0.2, -0.15) is 0 Å². The monoisotopic (exact) mass is 422 g/mol. The highest BCUT2D eigenvalue weighted by Crippen LogP contribution is 2.27. The molecule has 3 heterocycles. The number of hydrogen-bond donors (Lipinski definition) is 1. The van der Waals surface area contributed by atoms with Gasteiger partial charge in [0.15, 0.2) is 0 Å². The first-order chi connectivity index (χ1) is 14.2. The minimum absolute atomic E-state index is 0.148. The summed E-state index contributed by atoms with van der Waals surface area (Å²) in [5.41, 5.74) is 2.55. The molecule has 0 spiro atoms. The van der Waals surface area contributed by atoms with Gasteiger partial charge >= 0.3 is 0 Å². The molecule has 0 fully saturated rings. The minimum Gasteiger partial charge on any atom is -0.475 e. The van der Waals surface area contributed by atoms with Crippen molar-refractivity contribution in [3.63, 3.8) is 0 Å². The standard InChI is InChI=1S/C21H18N4O2S2/c1-14-19(29-21(23-14)15-6-3-2-4-7-15)20(26)22-11-12-27-18-10-9-16(24-25-18)17-8-5-13-28-17/h2-10,13H,11-12H2,1H3,(H,22,26). The number of hydrogen-bond acceptors (Lipinski definition) is 7. The summed E-state index contributed by atoms with van der Waals surface area (Å²) in [5.74, 6) is 0.282.